The van der Waals surface area contributed by atoms with Crippen molar-refractivity contribution >= 4 is 27.0 Å². The minimum Gasteiger partial charge on any atom is -0.350 e. The number of carbonyl (C=O) groups is 1. The zero-order chi connectivity index (χ0) is 14.8. The second-order valence-corrected chi connectivity index (χ2v) is 6.78. The molecule has 20 heavy (non-hydrogen) atoms. The lowest BCUT2D eigenvalue weighted by atomic mass is 10.3. The van der Waals surface area contributed by atoms with Crippen molar-refractivity contribution in [1.29, 1.82) is 0 Å². The van der Waals surface area contributed by atoms with Gasteiger partial charge in [-0.05, 0) is 18.2 Å². The van der Waals surface area contributed by atoms with E-state index >= 15 is 0 Å². The van der Waals surface area contributed by atoms with Gasteiger partial charge < -0.3 is 10.3 Å². The highest BCUT2D eigenvalue weighted by Gasteiger charge is 2.15. The minimum absolute atomic E-state index is 0.0577. The topological polar surface area (TPSA) is 95.2 Å². The van der Waals surface area contributed by atoms with Crippen LogP contribution in [0.4, 0.5) is 0 Å². The number of fused-ring (bicyclic) bond motifs is 1. The fourth-order valence-corrected chi connectivity index (χ4v) is 2.38. The first kappa shape index (κ1) is 14.5. The van der Waals surface area contributed by atoms with Crippen LogP contribution in [0.25, 0.3) is 11.0 Å². The van der Waals surface area contributed by atoms with E-state index in [2.05, 4.69) is 15.3 Å². The van der Waals surface area contributed by atoms with E-state index in [0.29, 0.717) is 11.3 Å². The van der Waals surface area contributed by atoms with Gasteiger partial charge in [0.05, 0.1) is 5.75 Å². The molecule has 0 saturated heterocycles. The zero-order valence-corrected chi connectivity index (χ0v) is 12.1. The average Bonchev–Trinajstić information content (AvgIpc) is 2.82. The standard InChI is InChI=1S/C12H16N4O3S/c1-16(2)20(18,19)7-6-14-12(17)10-8-9-4-3-5-13-11(9)15-10/h3-5,8H,6-7H2,1-2H3,(H,13,15)(H,14,17). The molecule has 0 unspecified atom stereocenters. The van der Waals surface area contributed by atoms with Crippen LogP contribution >= 0.6 is 0 Å². The Hall–Kier alpha value is -1.93. The highest BCUT2D eigenvalue weighted by molar-refractivity contribution is 7.89. The fourth-order valence-electron chi connectivity index (χ4n) is 1.65. The highest BCUT2D eigenvalue weighted by atomic mass is 32.2. The molecule has 7 nitrogen and oxygen atoms in total. The van der Waals surface area contributed by atoms with Crippen molar-refractivity contribution in [2.75, 3.05) is 26.4 Å². The second-order valence-electron chi connectivity index (χ2n) is 4.48. The number of pyridine rings is 1. The molecule has 0 atom stereocenters. The van der Waals surface area contributed by atoms with Gasteiger partial charge in [-0.25, -0.2) is 17.7 Å². The molecule has 2 heterocycles. The fraction of sp³-hybridized carbons (Fsp3) is 0.333. The van der Waals surface area contributed by atoms with E-state index in [1.807, 2.05) is 6.07 Å². The summed E-state index contributed by atoms with van der Waals surface area (Å²) < 4.78 is 24.2. The normalized spacial score (nSPS) is 11.9. The van der Waals surface area contributed by atoms with E-state index in [9.17, 15) is 13.2 Å². The summed E-state index contributed by atoms with van der Waals surface area (Å²) in [6, 6.07) is 5.30. The maximum Gasteiger partial charge on any atom is 0.267 e. The number of nitrogens with one attached hydrogen (secondary N) is 2. The monoisotopic (exact) mass is 296 g/mol. The number of rotatable bonds is 5. The number of carbonyl (C=O) groups excluding carboxylic acids is 1. The summed E-state index contributed by atoms with van der Waals surface area (Å²) in [4.78, 5) is 18.9. The molecule has 0 aliphatic carbocycles. The average molecular weight is 296 g/mol. The molecule has 108 valence electrons. The van der Waals surface area contributed by atoms with Crippen molar-refractivity contribution in [2.24, 2.45) is 0 Å². The summed E-state index contributed by atoms with van der Waals surface area (Å²) in [5.74, 6) is -0.485. The Morgan fingerprint density at radius 1 is 1.45 bits per heavy atom. The van der Waals surface area contributed by atoms with E-state index in [4.69, 9.17) is 0 Å². The molecule has 0 fully saturated rings. The number of amides is 1. The first-order valence-electron chi connectivity index (χ1n) is 6.02. The number of sulfonamides is 1. The number of hydrogen-bond acceptors (Lipinski definition) is 4. The number of nitrogens with zero attached hydrogens (tertiary/aromatic N) is 2. The maximum atomic E-state index is 11.9. The second kappa shape index (κ2) is 5.59. The van der Waals surface area contributed by atoms with Crippen LogP contribution in [-0.2, 0) is 10.0 Å². The quantitative estimate of drug-likeness (QED) is 0.823. The molecule has 0 spiro atoms. The summed E-state index contributed by atoms with van der Waals surface area (Å²) in [5, 5.41) is 3.40. The van der Waals surface area contributed by atoms with E-state index in [1.54, 1.807) is 18.3 Å². The van der Waals surface area contributed by atoms with Crippen LogP contribution in [0.2, 0.25) is 0 Å². The molecule has 8 heteroatoms. The maximum absolute atomic E-state index is 11.9. The Balaban J connectivity index is 1.99. The van der Waals surface area contributed by atoms with Gasteiger partial charge in [0.15, 0.2) is 0 Å². The van der Waals surface area contributed by atoms with Gasteiger partial charge in [0.2, 0.25) is 10.0 Å². The molecule has 2 aromatic heterocycles. The lowest BCUT2D eigenvalue weighted by Crippen LogP contribution is -2.34. The van der Waals surface area contributed by atoms with Crippen LogP contribution in [-0.4, -0.2) is 55.0 Å². The van der Waals surface area contributed by atoms with E-state index in [-0.39, 0.29) is 18.2 Å². The summed E-state index contributed by atoms with van der Waals surface area (Å²) in [6.45, 7) is 0.0577. The summed E-state index contributed by atoms with van der Waals surface area (Å²) >= 11 is 0. The predicted octanol–water partition coefficient (Wildman–Crippen LogP) is 0.184. The molecule has 0 aliphatic rings. The zero-order valence-electron chi connectivity index (χ0n) is 11.3. The smallest absolute Gasteiger partial charge is 0.267 e. The predicted molar refractivity (Wildman–Crippen MR) is 75.9 cm³/mol. The van der Waals surface area contributed by atoms with Crippen LogP contribution < -0.4 is 5.32 Å². The Morgan fingerprint density at radius 3 is 2.85 bits per heavy atom. The molecule has 2 N–H and O–H groups in total. The van der Waals surface area contributed by atoms with Crippen LogP contribution in [0, 0.1) is 0 Å². The molecule has 2 rings (SSSR count). The summed E-state index contributed by atoms with van der Waals surface area (Å²) in [7, 11) is -0.387. The van der Waals surface area contributed by atoms with Gasteiger partial charge in [0, 0.05) is 32.2 Å². The first-order valence-corrected chi connectivity index (χ1v) is 7.63. The molecule has 0 saturated carbocycles. The van der Waals surface area contributed by atoms with Crippen molar-refractivity contribution in [2.45, 2.75) is 0 Å². The van der Waals surface area contributed by atoms with Gasteiger partial charge in [-0.2, -0.15) is 0 Å². The largest absolute Gasteiger partial charge is 0.350 e. The highest BCUT2D eigenvalue weighted by Crippen LogP contribution is 2.11. The van der Waals surface area contributed by atoms with Crippen molar-refractivity contribution in [3.63, 3.8) is 0 Å². The number of H-pyrrole nitrogens is 1. The SMILES string of the molecule is CN(C)S(=O)(=O)CCNC(=O)c1cc2cccnc2[nH]1. The van der Waals surface area contributed by atoms with Gasteiger partial charge in [-0.3, -0.25) is 4.79 Å². The van der Waals surface area contributed by atoms with Crippen molar-refractivity contribution in [3.8, 4) is 0 Å². The van der Waals surface area contributed by atoms with Crippen LogP contribution in [0.5, 0.6) is 0 Å². The van der Waals surface area contributed by atoms with E-state index in [0.717, 1.165) is 9.69 Å². The lowest BCUT2D eigenvalue weighted by Gasteiger charge is -2.11. The summed E-state index contributed by atoms with van der Waals surface area (Å²) in [6.07, 6.45) is 1.63. The molecule has 0 bridgehead atoms. The minimum atomic E-state index is -3.30. The van der Waals surface area contributed by atoms with Crippen LogP contribution in [0.1, 0.15) is 10.5 Å². The molecular weight excluding hydrogens is 280 g/mol. The summed E-state index contributed by atoms with van der Waals surface area (Å²) in [5.41, 5.74) is 0.986. The Bertz CT molecular complexity index is 688. The molecule has 1 amide bonds. The number of hydrogen-bond donors (Lipinski definition) is 2. The van der Waals surface area contributed by atoms with Gasteiger partial charge in [0.25, 0.3) is 5.91 Å². The van der Waals surface area contributed by atoms with E-state index in [1.165, 1.54) is 14.1 Å². The van der Waals surface area contributed by atoms with Crippen molar-refractivity contribution < 1.29 is 13.2 Å². The van der Waals surface area contributed by atoms with E-state index < -0.39 is 10.0 Å². The van der Waals surface area contributed by atoms with Crippen LogP contribution in [0.15, 0.2) is 24.4 Å². The molecule has 0 aromatic carbocycles. The van der Waals surface area contributed by atoms with Crippen molar-refractivity contribution in [1.82, 2.24) is 19.6 Å². The Morgan fingerprint density at radius 2 is 2.20 bits per heavy atom. The first-order chi connectivity index (χ1) is 9.40. The Labute approximate surface area is 117 Å². The van der Waals surface area contributed by atoms with Gasteiger partial charge in [-0.15, -0.1) is 0 Å². The van der Waals surface area contributed by atoms with Gasteiger partial charge >= 0.3 is 0 Å². The molecule has 0 radical (unpaired) electrons. The van der Waals surface area contributed by atoms with Crippen molar-refractivity contribution in [3.05, 3.63) is 30.1 Å². The third-order valence-corrected chi connectivity index (χ3v) is 4.67. The van der Waals surface area contributed by atoms with Gasteiger partial charge in [0.1, 0.15) is 11.3 Å². The Kier molecular flexibility index (Phi) is 4.05. The van der Waals surface area contributed by atoms with Gasteiger partial charge in [-0.1, -0.05) is 0 Å². The lowest BCUT2D eigenvalue weighted by molar-refractivity contribution is 0.0952. The number of aromatic amines is 1. The number of aromatic nitrogens is 2. The van der Waals surface area contributed by atoms with Crippen LogP contribution in [0.3, 0.4) is 0 Å². The molecular formula is C12H16N4O3S. The molecule has 0 aliphatic heterocycles. The molecule has 2 aromatic rings. The third kappa shape index (κ3) is 3.14. The third-order valence-electron chi connectivity index (χ3n) is 2.84.